The van der Waals surface area contributed by atoms with Crippen molar-refractivity contribution in [3.05, 3.63) is 35.4 Å². The van der Waals surface area contributed by atoms with Gasteiger partial charge in [-0.25, -0.2) is 4.79 Å². The zero-order valence-electron chi connectivity index (χ0n) is 11.4. The molecule has 5 heteroatoms. The number of urea groups is 1. The third-order valence-corrected chi connectivity index (χ3v) is 3.24. The number of hydrogen-bond donors (Lipinski definition) is 1. The van der Waals surface area contributed by atoms with Crippen molar-refractivity contribution in [1.29, 1.82) is 0 Å². The zero-order valence-corrected chi connectivity index (χ0v) is 11.4. The van der Waals surface area contributed by atoms with E-state index in [1.807, 2.05) is 31.2 Å². The topological polar surface area (TPSA) is 58.6 Å². The van der Waals surface area contributed by atoms with Gasteiger partial charge in [0.2, 0.25) is 0 Å². The van der Waals surface area contributed by atoms with Gasteiger partial charge in [-0.2, -0.15) is 0 Å². The number of methoxy groups -OCH3 is 1. The van der Waals surface area contributed by atoms with E-state index >= 15 is 0 Å². The quantitative estimate of drug-likeness (QED) is 0.836. The van der Waals surface area contributed by atoms with Gasteiger partial charge in [-0.1, -0.05) is 29.8 Å². The Kier molecular flexibility index (Phi) is 3.57. The van der Waals surface area contributed by atoms with E-state index in [-0.39, 0.29) is 25.1 Å². The number of carbonyl (C=O) groups is 2. The van der Waals surface area contributed by atoms with Crippen LogP contribution in [0.25, 0.3) is 0 Å². The van der Waals surface area contributed by atoms with E-state index in [9.17, 15) is 9.59 Å². The lowest BCUT2D eigenvalue weighted by Crippen LogP contribution is -2.47. The Morgan fingerprint density at radius 2 is 1.89 bits per heavy atom. The van der Waals surface area contributed by atoms with Crippen LogP contribution in [0.1, 0.15) is 18.1 Å². The van der Waals surface area contributed by atoms with Crippen LogP contribution in [0.3, 0.4) is 0 Å². The van der Waals surface area contributed by atoms with Crippen LogP contribution >= 0.6 is 0 Å². The summed E-state index contributed by atoms with van der Waals surface area (Å²) < 4.78 is 5.00. The predicted molar refractivity (Wildman–Crippen MR) is 70.5 cm³/mol. The van der Waals surface area contributed by atoms with Crippen LogP contribution in [-0.4, -0.2) is 36.1 Å². The van der Waals surface area contributed by atoms with Crippen molar-refractivity contribution < 1.29 is 14.3 Å². The highest BCUT2D eigenvalue weighted by Gasteiger charge is 2.47. The molecular weight excluding hydrogens is 244 g/mol. The van der Waals surface area contributed by atoms with Crippen molar-refractivity contribution in [3.63, 3.8) is 0 Å². The molecule has 1 aliphatic rings. The monoisotopic (exact) mass is 262 g/mol. The summed E-state index contributed by atoms with van der Waals surface area (Å²) in [4.78, 5) is 25.4. The molecule has 0 bridgehead atoms. The first-order chi connectivity index (χ1) is 8.96. The molecule has 1 atom stereocenters. The van der Waals surface area contributed by atoms with E-state index in [2.05, 4.69) is 5.32 Å². The third-order valence-electron chi connectivity index (χ3n) is 3.24. The molecular formula is C14H18N2O3. The van der Waals surface area contributed by atoms with Crippen LogP contribution in [0.5, 0.6) is 0 Å². The molecule has 1 fully saturated rings. The molecule has 102 valence electrons. The molecule has 1 saturated heterocycles. The molecule has 2 rings (SSSR count). The van der Waals surface area contributed by atoms with Gasteiger partial charge in [0, 0.05) is 7.11 Å². The number of amides is 3. The summed E-state index contributed by atoms with van der Waals surface area (Å²) in [6, 6.07) is 7.39. The van der Waals surface area contributed by atoms with Crippen molar-refractivity contribution in [2.45, 2.75) is 25.9 Å². The van der Waals surface area contributed by atoms with E-state index in [0.29, 0.717) is 0 Å². The summed E-state index contributed by atoms with van der Waals surface area (Å²) in [5, 5.41) is 2.68. The highest BCUT2D eigenvalue weighted by Crippen LogP contribution is 2.20. The number of hydrogen-bond acceptors (Lipinski definition) is 3. The first-order valence-electron chi connectivity index (χ1n) is 6.15. The lowest BCUT2D eigenvalue weighted by molar-refractivity contribution is -0.132. The SMILES string of the molecule is COC[C@@]1(C)NC(=O)N(Cc2ccc(C)cc2)C1=O. The minimum atomic E-state index is -0.962. The molecule has 1 aliphatic heterocycles. The van der Waals surface area contributed by atoms with Crippen LogP contribution in [0.15, 0.2) is 24.3 Å². The lowest BCUT2D eigenvalue weighted by atomic mass is 10.0. The second-order valence-electron chi connectivity index (χ2n) is 5.07. The standard InChI is InChI=1S/C14H18N2O3/c1-10-4-6-11(7-5-10)8-16-12(17)14(2,9-19-3)15-13(16)18/h4-7H,8-9H2,1-3H3,(H,15,18)/t14-/m1/s1. The highest BCUT2D eigenvalue weighted by atomic mass is 16.5. The van der Waals surface area contributed by atoms with Gasteiger partial charge in [-0.15, -0.1) is 0 Å². The number of nitrogens with one attached hydrogen (secondary N) is 1. The van der Waals surface area contributed by atoms with Crippen LogP contribution < -0.4 is 5.32 Å². The summed E-state index contributed by atoms with van der Waals surface area (Å²) in [5.74, 6) is -0.250. The molecule has 1 aromatic rings. The van der Waals surface area contributed by atoms with E-state index in [1.54, 1.807) is 6.92 Å². The summed E-state index contributed by atoms with van der Waals surface area (Å²) in [5.41, 5.74) is 1.11. The van der Waals surface area contributed by atoms with Crippen molar-refractivity contribution >= 4 is 11.9 Å². The van der Waals surface area contributed by atoms with E-state index in [0.717, 1.165) is 11.1 Å². The van der Waals surface area contributed by atoms with Gasteiger partial charge in [0.1, 0.15) is 5.54 Å². The molecule has 1 aromatic carbocycles. The normalized spacial score (nSPS) is 22.8. The van der Waals surface area contributed by atoms with E-state index < -0.39 is 5.54 Å². The van der Waals surface area contributed by atoms with E-state index in [4.69, 9.17) is 4.74 Å². The second kappa shape index (κ2) is 5.01. The van der Waals surface area contributed by atoms with Gasteiger partial charge in [-0.3, -0.25) is 9.69 Å². The maximum atomic E-state index is 12.3. The average Bonchev–Trinajstić information content (AvgIpc) is 2.56. The van der Waals surface area contributed by atoms with E-state index in [1.165, 1.54) is 12.0 Å². The second-order valence-corrected chi connectivity index (χ2v) is 5.07. The predicted octanol–water partition coefficient (Wildman–Crippen LogP) is 1.45. The number of imide groups is 1. The lowest BCUT2D eigenvalue weighted by Gasteiger charge is -2.20. The van der Waals surface area contributed by atoms with Crippen LogP contribution in [0, 0.1) is 6.92 Å². The van der Waals surface area contributed by atoms with Crippen molar-refractivity contribution in [3.8, 4) is 0 Å². The molecule has 1 heterocycles. The minimum Gasteiger partial charge on any atom is -0.382 e. The molecule has 0 saturated carbocycles. The Morgan fingerprint density at radius 3 is 2.47 bits per heavy atom. The van der Waals surface area contributed by atoms with Gasteiger partial charge in [-0.05, 0) is 19.4 Å². The number of carbonyl (C=O) groups excluding carboxylic acids is 2. The number of rotatable bonds is 4. The molecule has 0 radical (unpaired) electrons. The number of nitrogens with zero attached hydrogens (tertiary/aromatic N) is 1. The summed E-state index contributed by atoms with van der Waals surface area (Å²) in [6.45, 7) is 4.12. The van der Waals surface area contributed by atoms with Gasteiger partial charge in [0.25, 0.3) is 5.91 Å². The minimum absolute atomic E-state index is 0.169. The molecule has 19 heavy (non-hydrogen) atoms. The van der Waals surface area contributed by atoms with Gasteiger partial charge >= 0.3 is 6.03 Å². The first kappa shape index (κ1) is 13.5. The molecule has 0 aliphatic carbocycles. The highest BCUT2D eigenvalue weighted by molar-refractivity contribution is 6.06. The van der Waals surface area contributed by atoms with Gasteiger partial charge in [0.15, 0.2) is 0 Å². The Bertz CT molecular complexity index is 498. The Morgan fingerprint density at radius 1 is 1.26 bits per heavy atom. The molecule has 0 unspecified atom stereocenters. The van der Waals surface area contributed by atoms with Crippen LogP contribution in [0.2, 0.25) is 0 Å². The fraction of sp³-hybridized carbons (Fsp3) is 0.429. The molecule has 5 nitrogen and oxygen atoms in total. The maximum Gasteiger partial charge on any atom is 0.325 e. The first-order valence-corrected chi connectivity index (χ1v) is 6.15. The van der Waals surface area contributed by atoms with Gasteiger partial charge in [0.05, 0.1) is 13.2 Å². The maximum absolute atomic E-state index is 12.3. The zero-order chi connectivity index (χ0) is 14.0. The fourth-order valence-electron chi connectivity index (χ4n) is 2.15. The molecule has 0 spiro atoms. The van der Waals surface area contributed by atoms with Gasteiger partial charge < -0.3 is 10.1 Å². The Labute approximate surface area is 112 Å². The van der Waals surface area contributed by atoms with Crippen molar-refractivity contribution in [2.75, 3.05) is 13.7 Å². The molecule has 1 N–H and O–H groups in total. The van der Waals surface area contributed by atoms with Crippen LogP contribution in [0.4, 0.5) is 4.79 Å². The average molecular weight is 262 g/mol. The fourth-order valence-corrected chi connectivity index (χ4v) is 2.15. The Hall–Kier alpha value is -1.88. The van der Waals surface area contributed by atoms with Crippen molar-refractivity contribution in [1.82, 2.24) is 10.2 Å². The summed E-state index contributed by atoms with van der Waals surface area (Å²) in [7, 11) is 1.51. The number of benzene rings is 1. The smallest absolute Gasteiger partial charge is 0.325 e. The Balaban J connectivity index is 2.15. The largest absolute Gasteiger partial charge is 0.382 e. The van der Waals surface area contributed by atoms with Crippen LogP contribution in [-0.2, 0) is 16.1 Å². The molecule has 3 amide bonds. The number of ether oxygens (including phenoxy) is 1. The molecule has 0 aromatic heterocycles. The summed E-state index contributed by atoms with van der Waals surface area (Å²) >= 11 is 0. The summed E-state index contributed by atoms with van der Waals surface area (Å²) in [6.07, 6.45) is 0. The third kappa shape index (κ3) is 2.61. The van der Waals surface area contributed by atoms with Crippen molar-refractivity contribution in [2.24, 2.45) is 0 Å². The number of aryl methyl sites for hydroxylation is 1.